The largest absolute Gasteiger partial charge is 0.481 e. The molecular weight excluding hydrogens is 658 g/mol. The Morgan fingerprint density at radius 1 is 1.00 bits per heavy atom. The summed E-state index contributed by atoms with van der Waals surface area (Å²) in [6.45, 7) is 8.89. The third-order valence-electron chi connectivity index (χ3n) is 8.49. The van der Waals surface area contributed by atoms with Gasteiger partial charge in [-0.2, -0.15) is 0 Å². The average molecular weight is 700 g/mol. The Hall–Kier alpha value is -6.48. The molecule has 0 radical (unpaired) electrons. The number of carbonyl (C=O) groups excluding carboxylic acids is 2. The maximum atomic E-state index is 13.4. The molecule has 12 nitrogen and oxygen atoms in total. The molecule has 52 heavy (non-hydrogen) atoms. The lowest BCUT2D eigenvalue weighted by Crippen LogP contribution is -2.45. The van der Waals surface area contributed by atoms with Crippen LogP contribution in [0.2, 0.25) is 0 Å². The molecule has 2 amide bonds. The number of carbonyl (C=O) groups is 2. The number of likely N-dealkylation sites (N-methyl/N-ethyl adjacent to an activating group) is 1. The summed E-state index contributed by atoms with van der Waals surface area (Å²) in [5.41, 5.74) is 5.37. The third-order valence-corrected chi connectivity index (χ3v) is 8.49. The van der Waals surface area contributed by atoms with Gasteiger partial charge in [0, 0.05) is 45.1 Å². The van der Waals surface area contributed by atoms with E-state index < -0.39 is 23.6 Å². The normalized spacial score (nSPS) is 11.8. The molecule has 1 atom stereocenters. The van der Waals surface area contributed by atoms with Crippen LogP contribution >= 0.6 is 0 Å². The molecule has 0 fully saturated rings. The van der Waals surface area contributed by atoms with E-state index in [1.807, 2.05) is 66.1 Å². The molecule has 0 bridgehead atoms. The zero-order valence-electron chi connectivity index (χ0n) is 30.3. The Kier molecular flexibility index (Phi) is 9.54. The zero-order valence-corrected chi connectivity index (χ0v) is 30.3. The quantitative estimate of drug-likeness (QED) is 0.196. The molecule has 266 valence electrons. The summed E-state index contributed by atoms with van der Waals surface area (Å²) < 4.78 is 14.6. The fourth-order valence-corrected chi connectivity index (χ4v) is 5.63. The van der Waals surface area contributed by atoms with Gasteiger partial charge in [0.2, 0.25) is 11.8 Å². The van der Waals surface area contributed by atoms with Gasteiger partial charge >= 0.3 is 6.09 Å². The van der Waals surface area contributed by atoms with Gasteiger partial charge in [-0.25, -0.2) is 19.7 Å². The van der Waals surface area contributed by atoms with Crippen LogP contribution < -0.4 is 15.6 Å². The number of nitrogens with one attached hydrogen (secondary N) is 1. The van der Waals surface area contributed by atoms with Crippen LogP contribution in [0.5, 0.6) is 5.88 Å². The average Bonchev–Trinajstić information content (AvgIpc) is 3.48. The molecule has 6 rings (SSSR count). The van der Waals surface area contributed by atoms with Gasteiger partial charge in [-0.05, 0) is 112 Å². The lowest BCUT2D eigenvalue weighted by Gasteiger charge is -2.28. The molecule has 0 saturated heterocycles. The second kappa shape index (κ2) is 14.0. The molecule has 12 heteroatoms. The second-order valence-electron chi connectivity index (χ2n) is 13.4. The molecule has 5 heterocycles. The number of ether oxygens (including phenoxy) is 2. The van der Waals surface area contributed by atoms with Gasteiger partial charge < -0.3 is 19.4 Å². The van der Waals surface area contributed by atoms with Crippen molar-refractivity contribution in [3.63, 3.8) is 0 Å². The number of hydrogen-bond acceptors (Lipinski definition) is 8. The molecule has 6 aromatic rings. The van der Waals surface area contributed by atoms with Gasteiger partial charge in [0.1, 0.15) is 34.5 Å². The molecular formula is C40H41N7O5. The van der Waals surface area contributed by atoms with Crippen LogP contribution in [-0.4, -0.2) is 66.6 Å². The predicted octanol–water partition coefficient (Wildman–Crippen LogP) is 6.47. The van der Waals surface area contributed by atoms with Crippen LogP contribution in [0.1, 0.15) is 45.9 Å². The maximum Gasteiger partial charge on any atom is 0.410 e. The van der Waals surface area contributed by atoms with Gasteiger partial charge in [0.15, 0.2) is 0 Å². The number of aryl methyl sites for hydroxylation is 2. The smallest absolute Gasteiger partial charge is 0.410 e. The highest BCUT2D eigenvalue weighted by Crippen LogP contribution is 2.38. The van der Waals surface area contributed by atoms with Gasteiger partial charge in [-0.1, -0.05) is 5.92 Å². The summed E-state index contributed by atoms with van der Waals surface area (Å²) in [5, 5.41) is 3.70. The number of aromatic nitrogens is 5. The highest BCUT2D eigenvalue weighted by Gasteiger charge is 2.28. The lowest BCUT2D eigenvalue weighted by atomic mass is 10.0. The SMILES string of the molecule is COc1ncccc1-c1nc2cc(C)ccn2c1-c1ccc(NC(=O)C(C)N(C)C(=O)OC(C)(C)C)nc1C#Cc1ccc2c(ccc(=O)n2C)c1.[HH]. The van der Waals surface area contributed by atoms with Crippen LogP contribution in [0, 0.1) is 18.8 Å². The van der Waals surface area contributed by atoms with Crippen molar-refractivity contribution < 1.29 is 20.5 Å². The Labute approximate surface area is 302 Å². The Morgan fingerprint density at radius 3 is 2.54 bits per heavy atom. The van der Waals surface area contributed by atoms with Crippen LogP contribution in [-0.2, 0) is 16.6 Å². The maximum absolute atomic E-state index is 13.4. The first-order chi connectivity index (χ1) is 24.7. The minimum Gasteiger partial charge on any atom is -0.481 e. The van der Waals surface area contributed by atoms with Crippen molar-refractivity contribution in [1.82, 2.24) is 28.8 Å². The van der Waals surface area contributed by atoms with E-state index in [1.165, 1.54) is 18.0 Å². The predicted molar refractivity (Wildman–Crippen MR) is 202 cm³/mol. The summed E-state index contributed by atoms with van der Waals surface area (Å²) in [5.74, 6) is 6.67. The molecule has 0 saturated carbocycles. The van der Waals surface area contributed by atoms with E-state index in [-0.39, 0.29) is 12.8 Å². The van der Waals surface area contributed by atoms with E-state index in [0.29, 0.717) is 45.3 Å². The molecule has 5 aromatic heterocycles. The Morgan fingerprint density at radius 2 is 1.79 bits per heavy atom. The fraction of sp³-hybridized carbons (Fsp3) is 0.250. The van der Waals surface area contributed by atoms with Gasteiger partial charge in [0.25, 0.3) is 5.56 Å². The summed E-state index contributed by atoms with van der Waals surface area (Å²) in [6, 6.07) is 19.2. The number of methoxy groups -OCH3 is 1. The topological polar surface area (TPSA) is 133 Å². The van der Waals surface area contributed by atoms with Crippen molar-refractivity contribution in [2.45, 2.75) is 46.3 Å². The molecule has 0 aliphatic heterocycles. The first-order valence-electron chi connectivity index (χ1n) is 16.6. The van der Waals surface area contributed by atoms with Crippen LogP contribution in [0.4, 0.5) is 10.6 Å². The Bertz CT molecular complexity index is 2490. The van der Waals surface area contributed by atoms with E-state index in [4.69, 9.17) is 19.4 Å². The van der Waals surface area contributed by atoms with Crippen molar-refractivity contribution in [1.29, 1.82) is 0 Å². The number of hydrogen-bond donors (Lipinski definition) is 1. The highest BCUT2D eigenvalue weighted by atomic mass is 16.6. The number of imidazole rings is 1. The lowest BCUT2D eigenvalue weighted by molar-refractivity contribution is -0.120. The summed E-state index contributed by atoms with van der Waals surface area (Å²) in [4.78, 5) is 53.8. The standard InChI is InChI=1S/C40H39N7O5.H2/c1-24-19-21-47-33(22-24)44-35(29-10-9-20-41-38(29)51-8)36(47)28-14-17-32(43-37(49)25(2)45(6)39(50)52-40(3,4)5)42-30(28)15-11-26-12-16-31-27(23-26)13-18-34(48)46(31)7;/h9-10,12-14,16-23,25H,1-8H3,(H,42,43,49);1H. The minimum absolute atomic E-state index is 0. The minimum atomic E-state index is -0.869. The van der Waals surface area contributed by atoms with Crippen LogP contribution in [0.3, 0.4) is 0 Å². The summed E-state index contributed by atoms with van der Waals surface area (Å²) in [7, 11) is 4.79. The van der Waals surface area contributed by atoms with Gasteiger partial charge in [-0.15, -0.1) is 0 Å². The monoisotopic (exact) mass is 699 g/mol. The molecule has 1 unspecified atom stereocenters. The molecule has 0 aliphatic rings. The molecule has 0 spiro atoms. The van der Waals surface area contributed by atoms with E-state index in [9.17, 15) is 14.4 Å². The first-order valence-corrected chi connectivity index (χ1v) is 16.6. The zero-order chi connectivity index (χ0) is 37.3. The van der Waals surface area contributed by atoms with Gasteiger partial charge in [-0.3, -0.25) is 18.9 Å². The second-order valence-corrected chi connectivity index (χ2v) is 13.4. The fourth-order valence-electron chi connectivity index (χ4n) is 5.63. The van der Waals surface area contributed by atoms with E-state index in [0.717, 1.165) is 16.5 Å². The number of anilines is 1. The summed E-state index contributed by atoms with van der Waals surface area (Å²) >= 11 is 0. The third kappa shape index (κ3) is 7.20. The highest BCUT2D eigenvalue weighted by molar-refractivity contribution is 5.96. The number of nitrogens with zero attached hydrogens (tertiary/aromatic N) is 6. The molecule has 1 aromatic carbocycles. The van der Waals surface area contributed by atoms with Crippen molar-refractivity contribution in [2.75, 3.05) is 19.5 Å². The van der Waals surface area contributed by atoms with Crippen LogP contribution in [0.25, 0.3) is 39.1 Å². The summed E-state index contributed by atoms with van der Waals surface area (Å²) in [6.07, 6.45) is 2.97. The van der Waals surface area contributed by atoms with Gasteiger partial charge in [0.05, 0.1) is 23.9 Å². The van der Waals surface area contributed by atoms with Crippen molar-refractivity contribution in [3.8, 4) is 40.2 Å². The number of benzene rings is 1. The molecule has 1 N–H and O–H groups in total. The number of amides is 2. The van der Waals surface area contributed by atoms with Crippen molar-refractivity contribution >= 4 is 34.4 Å². The van der Waals surface area contributed by atoms with E-state index in [1.54, 1.807) is 64.7 Å². The number of rotatable bonds is 6. The number of pyridine rings is 4. The molecule has 0 aliphatic carbocycles. The van der Waals surface area contributed by atoms with E-state index in [2.05, 4.69) is 22.1 Å². The van der Waals surface area contributed by atoms with Crippen molar-refractivity contribution in [3.05, 3.63) is 106 Å². The Balaban J connectivity index is 0.00000541. The first kappa shape index (κ1) is 35.3. The number of fused-ring (bicyclic) bond motifs is 2. The van der Waals surface area contributed by atoms with E-state index >= 15 is 0 Å². The van der Waals surface area contributed by atoms with Crippen LogP contribution in [0.15, 0.2) is 83.9 Å². The van der Waals surface area contributed by atoms with Crippen molar-refractivity contribution in [2.24, 2.45) is 7.05 Å².